The van der Waals surface area contributed by atoms with Gasteiger partial charge in [-0.25, -0.2) is 0 Å². The van der Waals surface area contributed by atoms with Crippen LogP contribution in [0.1, 0.15) is 13.8 Å². The van der Waals surface area contributed by atoms with Gasteiger partial charge in [0.2, 0.25) is 0 Å². The van der Waals surface area contributed by atoms with Crippen LogP contribution in [0.2, 0.25) is 0 Å². The highest BCUT2D eigenvalue weighted by Crippen LogP contribution is 2.12. The van der Waals surface area contributed by atoms with Crippen molar-refractivity contribution >= 4 is 28.3 Å². The quantitative estimate of drug-likeness (QED) is 0.422. The number of nitrogens with one attached hydrogen (secondary N) is 1. The molecule has 70 valence electrons. The third-order valence-electron chi connectivity index (χ3n) is 1.07. The lowest BCUT2D eigenvalue weighted by Gasteiger charge is -2.11. The molecule has 0 aliphatic rings. The van der Waals surface area contributed by atoms with Crippen LogP contribution in [0.15, 0.2) is 12.7 Å². The molecule has 1 atom stereocenters. The second kappa shape index (κ2) is 7.58. The molecule has 0 aliphatic carbocycles. The summed E-state index contributed by atoms with van der Waals surface area (Å²) in [5.41, 5.74) is 0.125. The number of hydrogen-bond acceptors (Lipinski definition) is 3. The summed E-state index contributed by atoms with van der Waals surface area (Å²) in [4.78, 5) is 0. The largest absolute Gasteiger partial charge is 0.368 e. The van der Waals surface area contributed by atoms with Crippen molar-refractivity contribution in [3.8, 4) is 0 Å². The minimum atomic E-state index is 0.125. The van der Waals surface area contributed by atoms with Crippen molar-refractivity contribution in [1.29, 1.82) is 0 Å². The smallest absolute Gasteiger partial charge is 0.136 e. The van der Waals surface area contributed by atoms with Crippen LogP contribution in [0.4, 0.5) is 0 Å². The Morgan fingerprint density at radius 2 is 2.50 bits per heavy atom. The second-order valence-electron chi connectivity index (χ2n) is 2.10. The molecule has 0 unspecified atom stereocenters. The summed E-state index contributed by atoms with van der Waals surface area (Å²) in [6.07, 6.45) is 1.78. The van der Waals surface area contributed by atoms with Gasteiger partial charge in [-0.2, -0.15) is 0 Å². The molecular weight excluding hydrogens is 190 g/mol. The normalized spacial score (nSPS) is 12.2. The van der Waals surface area contributed by atoms with Crippen LogP contribution >= 0.6 is 24.0 Å². The van der Waals surface area contributed by atoms with Gasteiger partial charge in [-0.05, 0) is 13.8 Å². The molecule has 4 heteroatoms. The third-order valence-corrected chi connectivity index (χ3v) is 2.32. The number of rotatable bonds is 5. The Kier molecular flexibility index (Phi) is 7.54. The van der Waals surface area contributed by atoms with Crippen molar-refractivity contribution in [2.24, 2.45) is 0 Å². The van der Waals surface area contributed by atoms with Gasteiger partial charge in [0.1, 0.15) is 9.76 Å². The summed E-state index contributed by atoms with van der Waals surface area (Å²) in [5.74, 6) is 0. The molecule has 0 aromatic carbocycles. The third kappa shape index (κ3) is 6.64. The molecule has 0 rings (SSSR count). The predicted molar refractivity (Wildman–Crippen MR) is 59.5 cm³/mol. The fourth-order valence-corrected chi connectivity index (χ4v) is 1.78. The molecule has 0 heterocycles. The molecule has 0 fully saturated rings. The van der Waals surface area contributed by atoms with Crippen molar-refractivity contribution in [3.63, 3.8) is 0 Å². The number of thioether (sulfide) groups is 1. The van der Waals surface area contributed by atoms with E-state index in [1.807, 2.05) is 13.8 Å². The van der Waals surface area contributed by atoms with Gasteiger partial charge in [0.15, 0.2) is 0 Å². The van der Waals surface area contributed by atoms with E-state index in [4.69, 9.17) is 17.0 Å². The van der Waals surface area contributed by atoms with Crippen molar-refractivity contribution in [1.82, 2.24) is 5.32 Å². The Hall–Kier alpha value is -0.0600. The van der Waals surface area contributed by atoms with Crippen LogP contribution in [0.3, 0.4) is 0 Å². The van der Waals surface area contributed by atoms with E-state index in [1.165, 1.54) is 11.8 Å². The number of thiocarbonyl (C=S) groups is 1. The maximum Gasteiger partial charge on any atom is 0.136 e. The summed E-state index contributed by atoms with van der Waals surface area (Å²) in [5, 5.41) is 3.02. The van der Waals surface area contributed by atoms with E-state index < -0.39 is 0 Å². The zero-order chi connectivity index (χ0) is 9.40. The van der Waals surface area contributed by atoms with E-state index in [1.54, 1.807) is 6.08 Å². The lowest BCUT2D eigenvalue weighted by Crippen LogP contribution is -2.20. The van der Waals surface area contributed by atoms with Crippen molar-refractivity contribution < 1.29 is 4.74 Å². The van der Waals surface area contributed by atoms with Gasteiger partial charge >= 0.3 is 0 Å². The van der Waals surface area contributed by atoms with Crippen LogP contribution in [-0.4, -0.2) is 22.9 Å². The van der Waals surface area contributed by atoms with E-state index in [2.05, 4.69) is 11.9 Å². The lowest BCUT2D eigenvalue weighted by molar-refractivity contribution is 0.138. The summed E-state index contributed by atoms with van der Waals surface area (Å²) in [7, 11) is 0. The minimum Gasteiger partial charge on any atom is -0.368 e. The molecule has 0 aromatic rings. The summed E-state index contributed by atoms with van der Waals surface area (Å²) in [6.45, 7) is 8.97. The van der Waals surface area contributed by atoms with Crippen LogP contribution in [0.25, 0.3) is 0 Å². The van der Waals surface area contributed by atoms with Crippen LogP contribution < -0.4 is 5.32 Å². The first kappa shape index (κ1) is 11.9. The molecule has 1 N–H and O–H groups in total. The Bertz CT molecular complexity index is 150. The van der Waals surface area contributed by atoms with Gasteiger partial charge in [-0.15, -0.1) is 6.58 Å². The van der Waals surface area contributed by atoms with Gasteiger partial charge < -0.3 is 10.1 Å². The van der Waals surface area contributed by atoms with Crippen molar-refractivity contribution in [2.45, 2.75) is 19.3 Å². The summed E-state index contributed by atoms with van der Waals surface area (Å²) in [6, 6.07) is 0. The maximum absolute atomic E-state index is 5.30. The summed E-state index contributed by atoms with van der Waals surface area (Å²) < 4.78 is 6.06. The fourth-order valence-electron chi connectivity index (χ4n) is 0.617. The predicted octanol–water partition coefficient (Wildman–Crippen LogP) is 2.16. The number of ether oxygens (including phenoxy) is 1. The average Bonchev–Trinajstić information content (AvgIpc) is 2.01. The highest BCUT2D eigenvalue weighted by Gasteiger charge is 2.04. The first-order valence-electron chi connectivity index (χ1n) is 3.87. The molecule has 0 spiro atoms. The molecule has 2 nitrogen and oxygen atoms in total. The molecule has 0 radical (unpaired) electrons. The van der Waals surface area contributed by atoms with Crippen LogP contribution in [-0.2, 0) is 4.74 Å². The molecule has 0 aromatic heterocycles. The highest BCUT2D eigenvalue weighted by atomic mass is 32.2. The first-order chi connectivity index (χ1) is 5.70. The van der Waals surface area contributed by atoms with E-state index in [9.17, 15) is 0 Å². The van der Waals surface area contributed by atoms with Crippen molar-refractivity contribution in [2.75, 3.05) is 13.2 Å². The SMILES string of the molecule is C=CCNC(=S)S[C@H](C)OCC. The molecular formula is C8H15NOS2. The first-order valence-corrected chi connectivity index (χ1v) is 5.16. The molecule has 0 saturated heterocycles. The molecule has 0 bridgehead atoms. The van der Waals surface area contributed by atoms with Crippen molar-refractivity contribution in [3.05, 3.63) is 12.7 Å². The van der Waals surface area contributed by atoms with Gasteiger partial charge in [0, 0.05) is 13.2 Å². The zero-order valence-corrected chi connectivity index (χ0v) is 9.13. The Labute approximate surface area is 83.7 Å². The van der Waals surface area contributed by atoms with Gasteiger partial charge in [0.25, 0.3) is 0 Å². The topological polar surface area (TPSA) is 21.3 Å². The van der Waals surface area contributed by atoms with E-state index >= 15 is 0 Å². The zero-order valence-electron chi connectivity index (χ0n) is 7.50. The average molecular weight is 205 g/mol. The van der Waals surface area contributed by atoms with Gasteiger partial charge in [-0.1, -0.05) is 30.1 Å². The monoisotopic (exact) mass is 205 g/mol. The maximum atomic E-state index is 5.30. The van der Waals surface area contributed by atoms with Crippen LogP contribution in [0.5, 0.6) is 0 Å². The minimum absolute atomic E-state index is 0.125. The molecule has 12 heavy (non-hydrogen) atoms. The molecule has 0 amide bonds. The molecule has 0 saturated carbocycles. The Morgan fingerprint density at radius 3 is 3.00 bits per heavy atom. The summed E-state index contributed by atoms with van der Waals surface area (Å²) >= 11 is 6.55. The lowest BCUT2D eigenvalue weighted by atomic mass is 10.6. The standard InChI is InChI=1S/C8H15NOS2/c1-4-6-9-8(11)12-7(3)10-5-2/h4,7H,1,5-6H2,2-3H3,(H,9,11)/t7-/m1/s1. The Balaban J connectivity index is 3.46. The van der Waals surface area contributed by atoms with Gasteiger partial charge in [0.05, 0.1) is 0 Å². The van der Waals surface area contributed by atoms with E-state index in [0.717, 1.165) is 10.9 Å². The number of hydrogen-bond donors (Lipinski definition) is 1. The molecule has 0 aliphatic heterocycles. The fraction of sp³-hybridized carbons (Fsp3) is 0.625. The van der Waals surface area contributed by atoms with Gasteiger partial charge in [-0.3, -0.25) is 0 Å². The van der Waals surface area contributed by atoms with E-state index in [0.29, 0.717) is 6.54 Å². The highest BCUT2D eigenvalue weighted by molar-refractivity contribution is 8.23. The Morgan fingerprint density at radius 1 is 1.83 bits per heavy atom. The second-order valence-corrected chi connectivity index (χ2v) is 4.07. The van der Waals surface area contributed by atoms with Crippen LogP contribution in [0, 0.1) is 0 Å². The van der Waals surface area contributed by atoms with E-state index in [-0.39, 0.29) is 5.44 Å².